The normalized spacial score (nSPS) is 14.1. The van der Waals surface area contributed by atoms with Crippen LogP contribution in [0, 0.1) is 17.8 Å². The largest absolute Gasteiger partial charge is 0.472 e. The number of carbonyl (C=O) groups is 4. The van der Waals surface area contributed by atoms with Crippen LogP contribution >= 0.6 is 15.6 Å². The zero-order valence-corrected chi connectivity index (χ0v) is 63.2. The highest BCUT2D eigenvalue weighted by molar-refractivity contribution is 7.47. The number of hydrogen-bond acceptors (Lipinski definition) is 15. The summed E-state index contributed by atoms with van der Waals surface area (Å²) in [4.78, 5) is 72.7. The molecule has 558 valence electrons. The van der Waals surface area contributed by atoms with Gasteiger partial charge in [0.15, 0.2) is 12.2 Å². The topological polar surface area (TPSA) is 237 Å². The molecule has 0 radical (unpaired) electrons. The highest BCUT2D eigenvalue weighted by atomic mass is 31.2. The van der Waals surface area contributed by atoms with Crippen LogP contribution in [0.1, 0.15) is 382 Å². The number of unbranched alkanes of at least 4 members (excludes halogenated alkanes) is 41. The maximum Gasteiger partial charge on any atom is 0.472 e. The lowest BCUT2D eigenvalue weighted by Crippen LogP contribution is -2.30. The van der Waals surface area contributed by atoms with Crippen LogP contribution in [0.5, 0.6) is 0 Å². The Morgan fingerprint density at radius 3 is 0.723 bits per heavy atom. The Balaban J connectivity index is 5.22. The third kappa shape index (κ3) is 68.6. The Labute approximate surface area is 575 Å². The van der Waals surface area contributed by atoms with Crippen molar-refractivity contribution in [1.82, 2.24) is 0 Å². The highest BCUT2D eigenvalue weighted by Gasteiger charge is 2.30. The van der Waals surface area contributed by atoms with E-state index in [9.17, 15) is 43.2 Å². The van der Waals surface area contributed by atoms with Crippen molar-refractivity contribution in [2.24, 2.45) is 17.8 Å². The molecule has 0 spiro atoms. The molecule has 0 aliphatic heterocycles. The summed E-state index contributed by atoms with van der Waals surface area (Å²) in [6.45, 7) is 11.8. The van der Waals surface area contributed by atoms with Crippen LogP contribution in [-0.4, -0.2) is 96.7 Å². The maximum absolute atomic E-state index is 13.1. The molecule has 2 unspecified atom stereocenters. The fourth-order valence-corrected chi connectivity index (χ4v) is 13.0. The summed E-state index contributed by atoms with van der Waals surface area (Å²) in [5.74, 6) is 0.127. The minimum Gasteiger partial charge on any atom is -0.462 e. The summed E-state index contributed by atoms with van der Waals surface area (Å²) in [7, 11) is -9.91. The van der Waals surface area contributed by atoms with Gasteiger partial charge in [-0.1, -0.05) is 331 Å². The minimum absolute atomic E-state index is 0.106. The van der Waals surface area contributed by atoms with Crippen molar-refractivity contribution in [3.05, 3.63) is 0 Å². The number of rotatable bonds is 73. The summed E-state index contributed by atoms with van der Waals surface area (Å²) >= 11 is 0. The first-order valence-electron chi connectivity index (χ1n) is 38.8. The van der Waals surface area contributed by atoms with Crippen LogP contribution in [0.2, 0.25) is 0 Å². The van der Waals surface area contributed by atoms with Crippen molar-refractivity contribution in [3.63, 3.8) is 0 Å². The smallest absolute Gasteiger partial charge is 0.462 e. The lowest BCUT2D eigenvalue weighted by molar-refractivity contribution is -0.161. The number of hydrogen-bond donors (Lipinski definition) is 3. The maximum atomic E-state index is 13.1. The van der Waals surface area contributed by atoms with Crippen molar-refractivity contribution in [3.8, 4) is 0 Å². The van der Waals surface area contributed by atoms with E-state index in [-0.39, 0.29) is 25.7 Å². The average Bonchev–Trinajstić information content (AvgIpc) is 1.48. The van der Waals surface area contributed by atoms with Crippen molar-refractivity contribution >= 4 is 39.5 Å². The van der Waals surface area contributed by atoms with Gasteiger partial charge in [0.2, 0.25) is 0 Å². The Kier molecular flexibility index (Phi) is 64.3. The van der Waals surface area contributed by atoms with Crippen LogP contribution in [0.4, 0.5) is 0 Å². The third-order valence-electron chi connectivity index (χ3n) is 17.4. The van der Waals surface area contributed by atoms with Gasteiger partial charge in [-0.2, -0.15) is 0 Å². The average molecular weight is 1380 g/mol. The molecule has 0 aromatic carbocycles. The first-order chi connectivity index (χ1) is 45.2. The van der Waals surface area contributed by atoms with E-state index in [4.69, 9.17) is 37.0 Å². The molecular weight excluding hydrogens is 1230 g/mol. The Morgan fingerprint density at radius 1 is 0.287 bits per heavy atom. The molecule has 0 aromatic heterocycles. The minimum atomic E-state index is -4.96. The number of phosphoric acid groups is 2. The van der Waals surface area contributed by atoms with Crippen molar-refractivity contribution < 1.29 is 80.2 Å². The second kappa shape index (κ2) is 65.7. The molecule has 0 aromatic rings. The summed E-state index contributed by atoms with van der Waals surface area (Å²) in [6.07, 6.45) is 51.5. The van der Waals surface area contributed by atoms with Gasteiger partial charge in [-0.15, -0.1) is 0 Å². The molecule has 3 N–H and O–H groups in total. The molecule has 0 saturated heterocycles. The summed E-state index contributed by atoms with van der Waals surface area (Å²) in [6, 6.07) is 0. The van der Waals surface area contributed by atoms with E-state index < -0.39 is 97.5 Å². The molecule has 0 amide bonds. The number of ether oxygens (including phenoxy) is 4. The quantitative estimate of drug-likeness (QED) is 0.0222. The Bertz CT molecular complexity index is 1840. The van der Waals surface area contributed by atoms with E-state index in [0.29, 0.717) is 31.6 Å². The van der Waals surface area contributed by atoms with Gasteiger partial charge in [0.05, 0.1) is 26.4 Å². The molecule has 0 aliphatic carbocycles. The standard InChI is InChI=1S/C75H146O17P2/c1-8-9-10-11-12-13-14-19-23-30-35-44-51-58-75(80)92-71(63-86-73(78)57-50-43-38-37-41-48-55-68(6)7)65-90-94(83,84)88-61-69(76)60-87-93(81,82)89-64-70(62-85-72(77)56-49-42-34-29-26-25-28-33-40-47-54-67(4)5)91-74(79)59-52-45-36-31-24-21-18-16-15-17-20-22-27-32-39-46-53-66(2)3/h66-71,76H,8-65H2,1-7H3,(H,81,82)(H,83,84)/t69-,70-,71-/m1/s1. The highest BCUT2D eigenvalue weighted by Crippen LogP contribution is 2.45. The lowest BCUT2D eigenvalue weighted by atomic mass is 10.0. The molecule has 0 heterocycles. The van der Waals surface area contributed by atoms with Crippen LogP contribution in [0.25, 0.3) is 0 Å². The predicted octanol–water partition coefficient (Wildman–Crippen LogP) is 21.8. The van der Waals surface area contributed by atoms with Crippen LogP contribution in [0.15, 0.2) is 0 Å². The zero-order chi connectivity index (χ0) is 69.4. The lowest BCUT2D eigenvalue weighted by Gasteiger charge is -2.21. The molecule has 0 rings (SSSR count). The van der Waals surface area contributed by atoms with Gasteiger partial charge in [0, 0.05) is 25.7 Å². The van der Waals surface area contributed by atoms with Gasteiger partial charge in [-0.25, -0.2) is 9.13 Å². The number of esters is 4. The zero-order valence-electron chi connectivity index (χ0n) is 61.4. The van der Waals surface area contributed by atoms with Crippen LogP contribution < -0.4 is 0 Å². The molecule has 0 bridgehead atoms. The second-order valence-corrected chi connectivity index (χ2v) is 31.4. The number of aliphatic hydroxyl groups excluding tert-OH is 1. The first kappa shape index (κ1) is 92.1. The molecule has 0 fully saturated rings. The Morgan fingerprint density at radius 2 is 0.489 bits per heavy atom. The molecule has 17 nitrogen and oxygen atoms in total. The Hall–Kier alpha value is -1.94. The molecule has 19 heteroatoms. The van der Waals surface area contributed by atoms with E-state index in [2.05, 4.69) is 48.5 Å². The molecule has 0 saturated carbocycles. The van der Waals surface area contributed by atoms with Gasteiger partial charge >= 0.3 is 39.5 Å². The van der Waals surface area contributed by atoms with Crippen LogP contribution in [-0.2, 0) is 65.4 Å². The van der Waals surface area contributed by atoms with E-state index in [0.717, 1.165) is 108 Å². The van der Waals surface area contributed by atoms with Crippen molar-refractivity contribution in [1.29, 1.82) is 0 Å². The fourth-order valence-electron chi connectivity index (χ4n) is 11.4. The third-order valence-corrected chi connectivity index (χ3v) is 19.3. The van der Waals surface area contributed by atoms with E-state index >= 15 is 0 Å². The second-order valence-electron chi connectivity index (χ2n) is 28.5. The molecular formula is C75H146O17P2. The molecule has 0 aliphatic rings. The number of aliphatic hydroxyl groups is 1. The first-order valence-corrected chi connectivity index (χ1v) is 41.8. The van der Waals surface area contributed by atoms with E-state index in [1.54, 1.807) is 0 Å². The summed E-state index contributed by atoms with van der Waals surface area (Å²) < 4.78 is 68.4. The van der Waals surface area contributed by atoms with Crippen molar-refractivity contribution in [2.75, 3.05) is 39.6 Å². The SMILES string of the molecule is CCCCCCCCCCCCCCCC(=O)O[C@H](COC(=O)CCCCCCCCC(C)C)COP(=O)(O)OC[C@H](O)COP(=O)(O)OC[C@@H](COC(=O)CCCCCCCCCCCCC(C)C)OC(=O)CCCCCCCCCCCCCCCCCCC(C)C. The predicted molar refractivity (Wildman–Crippen MR) is 381 cm³/mol. The van der Waals surface area contributed by atoms with Gasteiger partial charge in [-0.3, -0.25) is 37.3 Å². The fraction of sp³-hybridized carbons (Fsp3) is 0.947. The van der Waals surface area contributed by atoms with Gasteiger partial charge in [-0.05, 0) is 43.4 Å². The molecule has 5 atom stereocenters. The van der Waals surface area contributed by atoms with E-state index in [1.165, 1.54) is 186 Å². The van der Waals surface area contributed by atoms with Gasteiger partial charge < -0.3 is 33.8 Å². The molecule has 94 heavy (non-hydrogen) atoms. The van der Waals surface area contributed by atoms with Gasteiger partial charge in [0.1, 0.15) is 19.3 Å². The summed E-state index contributed by atoms with van der Waals surface area (Å²) in [5, 5.41) is 10.6. The van der Waals surface area contributed by atoms with E-state index in [1.807, 2.05) is 0 Å². The number of phosphoric ester groups is 2. The summed E-state index contributed by atoms with van der Waals surface area (Å²) in [5.41, 5.74) is 0. The van der Waals surface area contributed by atoms with Crippen LogP contribution in [0.3, 0.4) is 0 Å². The van der Waals surface area contributed by atoms with Crippen molar-refractivity contribution in [2.45, 2.75) is 401 Å². The number of carbonyl (C=O) groups excluding carboxylic acids is 4. The van der Waals surface area contributed by atoms with Gasteiger partial charge in [0.25, 0.3) is 0 Å². The monoisotopic (exact) mass is 1380 g/mol.